The molecule has 0 spiro atoms. The highest BCUT2D eigenvalue weighted by Crippen LogP contribution is 2.31. The Labute approximate surface area is 218 Å². The highest BCUT2D eigenvalue weighted by Gasteiger charge is 2.29. The van der Waals surface area contributed by atoms with Crippen molar-refractivity contribution < 1.29 is 14.7 Å². The lowest BCUT2D eigenvalue weighted by molar-refractivity contribution is 0.0783. The van der Waals surface area contributed by atoms with Crippen LogP contribution in [-0.4, -0.2) is 55.7 Å². The maximum Gasteiger partial charge on any atom is 0.255 e. The van der Waals surface area contributed by atoms with Crippen LogP contribution in [-0.2, 0) is 7.05 Å². The number of hydrogen-bond acceptors (Lipinski definition) is 7. The van der Waals surface area contributed by atoms with E-state index in [1.807, 2.05) is 49.6 Å². The fourth-order valence-corrected chi connectivity index (χ4v) is 5.35. The molecule has 0 radical (unpaired) electrons. The van der Waals surface area contributed by atoms with Gasteiger partial charge >= 0.3 is 0 Å². The van der Waals surface area contributed by atoms with E-state index in [9.17, 15) is 14.7 Å². The normalized spacial score (nSPS) is 16.1. The Bertz CT molecular complexity index is 1440. The van der Waals surface area contributed by atoms with Gasteiger partial charge in [-0.05, 0) is 49.2 Å². The molecule has 10 heteroatoms. The molecule has 37 heavy (non-hydrogen) atoms. The van der Waals surface area contributed by atoms with E-state index in [4.69, 9.17) is 5.73 Å². The number of pyridine rings is 1. The molecule has 4 N–H and O–H groups in total. The quantitative estimate of drug-likeness (QED) is 0.360. The maximum atomic E-state index is 13.1. The van der Waals surface area contributed by atoms with Crippen molar-refractivity contribution in [2.24, 2.45) is 7.05 Å². The molecule has 1 unspecified atom stereocenters. The van der Waals surface area contributed by atoms with Gasteiger partial charge in [-0.1, -0.05) is 12.1 Å². The molecule has 190 valence electrons. The molecule has 4 heterocycles. The van der Waals surface area contributed by atoms with Crippen molar-refractivity contribution in [2.45, 2.75) is 25.5 Å². The predicted molar refractivity (Wildman–Crippen MR) is 143 cm³/mol. The van der Waals surface area contributed by atoms with Crippen molar-refractivity contribution in [1.82, 2.24) is 25.0 Å². The fraction of sp³-hybridized carbons (Fsp3) is 0.259. The smallest absolute Gasteiger partial charge is 0.255 e. The molecule has 4 aromatic rings. The monoisotopic (exact) mass is 516 g/mol. The summed E-state index contributed by atoms with van der Waals surface area (Å²) < 4.78 is 1.68. The fourth-order valence-electron chi connectivity index (χ4n) is 4.40. The van der Waals surface area contributed by atoms with Crippen LogP contribution >= 0.6 is 11.3 Å². The minimum absolute atomic E-state index is 0.0705. The van der Waals surface area contributed by atoms with Gasteiger partial charge in [0.2, 0.25) is 0 Å². The van der Waals surface area contributed by atoms with E-state index in [0.717, 1.165) is 26.4 Å². The van der Waals surface area contributed by atoms with E-state index in [-0.39, 0.29) is 23.7 Å². The average Bonchev–Trinajstić information content (AvgIpc) is 3.65. The second-order valence-corrected chi connectivity index (χ2v) is 10.3. The number of nitrogens with zero attached hydrogens (tertiary/aromatic N) is 4. The van der Waals surface area contributed by atoms with Crippen LogP contribution in [0.1, 0.15) is 45.0 Å². The molecular formula is C27H28N6O3S. The minimum atomic E-state index is -0.499. The summed E-state index contributed by atoms with van der Waals surface area (Å²) in [4.78, 5) is 34.0. The van der Waals surface area contributed by atoms with E-state index in [1.165, 1.54) is 11.3 Å². The number of rotatable bonds is 6. The number of benzene rings is 1. The number of aryl methyl sites for hydroxylation is 1. The lowest BCUT2D eigenvalue weighted by Gasteiger charge is -2.18. The summed E-state index contributed by atoms with van der Waals surface area (Å²) in [5.74, 6) is -0.228. The lowest BCUT2D eigenvalue weighted by Crippen LogP contribution is -2.38. The molecule has 1 fully saturated rings. The first kappa shape index (κ1) is 24.7. The molecule has 1 aliphatic heterocycles. The van der Waals surface area contributed by atoms with Crippen molar-refractivity contribution in [2.75, 3.05) is 18.8 Å². The molecule has 0 bridgehead atoms. The number of carbonyl (C=O) groups excluding carboxylic acids is 2. The third-order valence-corrected chi connectivity index (χ3v) is 7.77. The van der Waals surface area contributed by atoms with Crippen LogP contribution in [0.15, 0.2) is 61.1 Å². The molecule has 0 aliphatic carbocycles. The van der Waals surface area contributed by atoms with Crippen LogP contribution in [0.4, 0.5) is 5.82 Å². The molecule has 0 saturated carbocycles. The van der Waals surface area contributed by atoms with Gasteiger partial charge in [-0.2, -0.15) is 5.10 Å². The van der Waals surface area contributed by atoms with Crippen LogP contribution in [0.2, 0.25) is 0 Å². The van der Waals surface area contributed by atoms with Gasteiger partial charge in [-0.25, -0.2) is 4.98 Å². The molecule has 9 nitrogen and oxygen atoms in total. The number of carbonyl (C=O) groups is 2. The molecule has 3 aromatic heterocycles. The molecule has 1 aromatic carbocycles. The van der Waals surface area contributed by atoms with Crippen LogP contribution in [0, 0.1) is 0 Å². The summed E-state index contributed by atoms with van der Waals surface area (Å²) in [5, 5.41) is 16.9. The van der Waals surface area contributed by atoms with E-state index in [1.54, 1.807) is 35.0 Å². The SMILES string of the molecule is CC(O)c1ccc(-c2ccc(C(=O)N3CC[C@@H](NC(=O)c4cc(-c5cnn(C)c5)cnc4N)C3)cc2)s1. The van der Waals surface area contributed by atoms with Gasteiger partial charge < -0.3 is 21.1 Å². The predicted octanol–water partition coefficient (Wildman–Crippen LogP) is 3.49. The topological polar surface area (TPSA) is 126 Å². The van der Waals surface area contributed by atoms with E-state index >= 15 is 0 Å². The van der Waals surface area contributed by atoms with E-state index in [2.05, 4.69) is 15.4 Å². The first-order valence-corrected chi connectivity index (χ1v) is 12.8. The Morgan fingerprint density at radius 3 is 2.59 bits per heavy atom. The third kappa shape index (κ3) is 5.25. The summed E-state index contributed by atoms with van der Waals surface area (Å²) in [6.45, 7) is 2.72. The minimum Gasteiger partial charge on any atom is -0.388 e. The number of aliphatic hydroxyl groups is 1. The summed E-state index contributed by atoms with van der Waals surface area (Å²) in [5.41, 5.74) is 9.49. The van der Waals surface area contributed by atoms with E-state index in [0.29, 0.717) is 30.6 Å². The van der Waals surface area contributed by atoms with Crippen molar-refractivity contribution in [3.63, 3.8) is 0 Å². The zero-order chi connectivity index (χ0) is 26.1. The number of hydrogen-bond donors (Lipinski definition) is 3. The standard InChI is InChI=1S/C27H28N6O3S/c1-16(34)23-7-8-24(37-23)17-3-5-18(6-4-17)27(36)33-10-9-21(15-33)31-26(35)22-11-19(12-29-25(22)28)20-13-30-32(2)14-20/h3-8,11-14,16,21,34H,9-10,15H2,1-2H3,(H2,28,29)(H,31,35)/t16?,21-/m1/s1. The lowest BCUT2D eigenvalue weighted by atomic mass is 10.1. The Hall–Kier alpha value is -4.02. The van der Waals surface area contributed by atoms with Crippen LogP contribution in [0.5, 0.6) is 0 Å². The van der Waals surface area contributed by atoms with Gasteiger partial charge in [0.25, 0.3) is 11.8 Å². The Kier molecular flexibility index (Phi) is 6.77. The van der Waals surface area contributed by atoms with Gasteiger partial charge in [0, 0.05) is 65.0 Å². The Balaban J connectivity index is 1.22. The first-order valence-electron chi connectivity index (χ1n) is 12.0. The Morgan fingerprint density at radius 2 is 1.92 bits per heavy atom. The molecular weight excluding hydrogens is 488 g/mol. The number of aromatic nitrogens is 3. The van der Waals surface area contributed by atoms with Gasteiger partial charge in [0.15, 0.2) is 0 Å². The van der Waals surface area contributed by atoms with Crippen molar-refractivity contribution in [3.8, 4) is 21.6 Å². The van der Waals surface area contributed by atoms with Gasteiger partial charge in [0.1, 0.15) is 5.82 Å². The van der Waals surface area contributed by atoms with Gasteiger partial charge in [-0.15, -0.1) is 11.3 Å². The molecule has 1 aliphatic rings. The molecule has 2 atom stereocenters. The summed E-state index contributed by atoms with van der Waals surface area (Å²) in [7, 11) is 1.82. The summed E-state index contributed by atoms with van der Waals surface area (Å²) >= 11 is 1.54. The van der Waals surface area contributed by atoms with Crippen LogP contribution < -0.4 is 11.1 Å². The molecule has 1 saturated heterocycles. The number of amides is 2. The first-order chi connectivity index (χ1) is 17.8. The van der Waals surface area contributed by atoms with E-state index < -0.39 is 6.10 Å². The number of aliphatic hydroxyl groups excluding tert-OH is 1. The number of anilines is 1. The number of thiophene rings is 1. The van der Waals surface area contributed by atoms with Crippen LogP contribution in [0.3, 0.4) is 0 Å². The second kappa shape index (κ2) is 10.2. The Morgan fingerprint density at radius 1 is 1.14 bits per heavy atom. The summed E-state index contributed by atoms with van der Waals surface area (Å²) in [6, 6.07) is 12.9. The maximum absolute atomic E-state index is 13.1. The highest BCUT2D eigenvalue weighted by molar-refractivity contribution is 7.15. The summed E-state index contributed by atoms with van der Waals surface area (Å²) in [6.07, 6.45) is 5.32. The number of likely N-dealkylation sites (tertiary alicyclic amines) is 1. The van der Waals surface area contributed by atoms with Gasteiger partial charge in [0.05, 0.1) is 17.9 Å². The van der Waals surface area contributed by atoms with Crippen molar-refractivity contribution in [3.05, 3.63) is 77.1 Å². The molecule has 2 amide bonds. The zero-order valence-corrected chi connectivity index (χ0v) is 21.4. The molecule has 5 rings (SSSR count). The number of nitrogens with one attached hydrogen (secondary N) is 1. The van der Waals surface area contributed by atoms with Crippen molar-refractivity contribution in [1.29, 1.82) is 0 Å². The highest BCUT2D eigenvalue weighted by atomic mass is 32.1. The largest absolute Gasteiger partial charge is 0.388 e. The van der Waals surface area contributed by atoms with Gasteiger partial charge in [-0.3, -0.25) is 14.3 Å². The average molecular weight is 517 g/mol. The third-order valence-electron chi connectivity index (χ3n) is 6.47. The number of nitrogen functional groups attached to an aromatic ring is 1. The van der Waals surface area contributed by atoms with Crippen molar-refractivity contribution >= 4 is 29.0 Å². The van der Waals surface area contributed by atoms with Crippen LogP contribution in [0.25, 0.3) is 21.6 Å². The second-order valence-electron chi connectivity index (χ2n) is 9.23. The zero-order valence-electron chi connectivity index (χ0n) is 20.6. The number of nitrogens with two attached hydrogens (primary N) is 1.